The fraction of sp³-hybridized carbons (Fsp3) is 0.722. The van der Waals surface area contributed by atoms with Crippen LogP contribution in [-0.2, 0) is 15.1 Å². The molecule has 1 aliphatic rings. The Morgan fingerprint density at radius 1 is 1.39 bits per heavy atom. The number of amides is 1. The standard InChI is InChI=1S/C18H29NO4/c1-13-10-11-16(22-13)18(3,21)12-19-17(20)14(2)23-15-8-6-4-5-7-9-15/h10-11,14-15,21H,4-9,12H2,1-3H3,(H,19,20). The van der Waals surface area contributed by atoms with Crippen molar-refractivity contribution in [2.24, 2.45) is 0 Å². The van der Waals surface area contributed by atoms with Crippen LogP contribution in [0.3, 0.4) is 0 Å². The fourth-order valence-electron chi connectivity index (χ4n) is 2.94. The van der Waals surface area contributed by atoms with E-state index in [1.165, 1.54) is 25.7 Å². The smallest absolute Gasteiger partial charge is 0.248 e. The lowest BCUT2D eigenvalue weighted by Crippen LogP contribution is -2.43. The molecule has 0 aliphatic heterocycles. The largest absolute Gasteiger partial charge is 0.463 e. The topological polar surface area (TPSA) is 71.7 Å². The number of hydrogen-bond acceptors (Lipinski definition) is 4. The molecule has 2 rings (SSSR count). The Hall–Kier alpha value is -1.33. The molecule has 5 heteroatoms. The van der Waals surface area contributed by atoms with Crippen LogP contribution in [0.2, 0.25) is 0 Å². The van der Waals surface area contributed by atoms with Crippen molar-refractivity contribution in [3.8, 4) is 0 Å². The van der Waals surface area contributed by atoms with E-state index in [2.05, 4.69) is 5.32 Å². The third-order valence-electron chi connectivity index (χ3n) is 4.45. The van der Waals surface area contributed by atoms with E-state index in [9.17, 15) is 9.90 Å². The zero-order chi connectivity index (χ0) is 16.9. The number of carbonyl (C=O) groups excluding carboxylic acids is 1. The van der Waals surface area contributed by atoms with Crippen LogP contribution in [0.15, 0.2) is 16.5 Å². The average molecular weight is 323 g/mol. The minimum absolute atomic E-state index is 0.0944. The normalized spacial score (nSPS) is 20.5. The number of nitrogens with one attached hydrogen (secondary N) is 1. The molecular formula is C18H29NO4. The average Bonchev–Trinajstić information content (AvgIpc) is 2.79. The number of aryl methyl sites for hydroxylation is 1. The van der Waals surface area contributed by atoms with E-state index in [0.717, 1.165) is 18.6 Å². The molecule has 130 valence electrons. The molecule has 5 nitrogen and oxygen atoms in total. The first-order valence-corrected chi connectivity index (χ1v) is 8.61. The lowest BCUT2D eigenvalue weighted by atomic mass is 10.0. The minimum Gasteiger partial charge on any atom is -0.463 e. The predicted octanol–water partition coefficient (Wildman–Crippen LogP) is 3.04. The first kappa shape index (κ1) is 18.0. The van der Waals surface area contributed by atoms with Gasteiger partial charge in [-0.05, 0) is 45.7 Å². The molecule has 0 spiro atoms. The third kappa shape index (κ3) is 5.36. The first-order chi connectivity index (χ1) is 10.9. The van der Waals surface area contributed by atoms with Gasteiger partial charge in [0.25, 0.3) is 0 Å². The minimum atomic E-state index is -1.23. The molecule has 1 aromatic rings. The lowest BCUT2D eigenvalue weighted by molar-refractivity contribution is -0.137. The fourth-order valence-corrected chi connectivity index (χ4v) is 2.94. The van der Waals surface area contributed by atoms with E-state index < -0.39 is 11.7 Å². The van der Waals surface area contributed by atoms with Crippen LogP contribution in [-0.4, -0.2) is 29.8 Å². The van der Waals surface area contributed by atoms with Gasteiger partial charge in [0.2, 0.25) is 5.91 Å². The summed E-state index contributed by atoms with van der Waals surface area (Å²) in [6, 6.07) is 3.52. The lowest BCUT2D eigenvalue weighted by Gasteiger charge is -2.24. The number of aliphatic hydroxyl groups is 1. The predicted molar refractivity (Wildman–Crippen MR) is 88.1 cm³/mol. The van der Waals surface area contributed by atoms with Gasteiger partial charge in [-0.25, -0.2) is 0 Å². The Kier molecular flexibility index (Phi) is 6.25. The van der Waals surface area contributed by atoms with Crippen LogP contribution in [0.1, 0.15) is 63.9 Å². The van der Waals surface area contributed by atoms with Crippen LogP contribution in [0.4, 0.5) is 0 Å². The van der Waals surface area contributed by atoms with Gasteiger partial charge in [-0.1, -0.05) is 25.7 Å². The molecule has 23 heavy (non-hydrogen) atoms. The quantitative estimate of drug-likeness (QED) is 0.789. The Morgan fingerprint density at radius 3 is 2.61 bits per heavy atom. The molecule has 2 N–H and O–H groups in total. The Bertz CT molecular complexity index is 501. The van der Waals surface area contributed by atoms with Gasteiger partial charge in [-0.3, -0.25) is 4.79 Å². The molecule has 0 bridgehead atoms. The van der Waals surface area contributed by atoms with E-state index >= 15 is 0 Å². The van der Waals surface area contributed by atoms with Crippen LogP contribution in [0.5, 0.6) is 0 Å². The summed E-state index contributed by atoms with van der Waals surface area (Å²) in [5.74, 6) is 0.988. The van der Waals surface area contributed by atoms with Crippen molar-refractivity contribution in [2.45, 2.75) is 77.1 Å². The van der Waals surface area contributed by atoms with Crippen LogP contribution in [0.25, 0.3) is 0 Å². The molecule has 1 heterocycles. The number of carbonyl (C=O) groups is 1. The maximum atomic E-state index is 12.2. The Morgan fingerprint density at radius 2 is 2.04 bits per heavy atom. The summed E-state index contributed by atoms with van der Waals surface area (Å²) >= 11 is 0. The number of ether oxygens (including phenoxy) is 1. The summed E-state index contributed by atoms with van der Waals surface area (Å²) in [7, 11) is 0. The molecule has 2 atom stereocenters. The monoisotopic (exact) mass is 323 g/mol. The summed E-state index contributed by atoms with van der Waals surface area (Å²) in [6.07, 6.45) is 6.58. The van der Waals surface area contributed by atoms with Gasteiger partial charge in [-0.15, -0.1) is 0 Å². The van der Waals surface area contributed by atoms with Gasteiger partial charge >= 0.3 is 0 Å². The van der Waals surface area contributed by atoms with Gasteiger partial charge in [0.15, 0.2) is 0 Å². The molecule has 1 aromatic heterocycles. The van der Waals surface area contributed by atoms with Crippen molar-refractivity contribution in [2.75, 3.05) is 6.54 Å². The van der Waals surface area contributed by atoms with Crippen LogP contribution >= 0.6 is 0 Å². The van der Waals surface area contributed by atoms with Gasteiger partial charge < -0.3 is 19.6 Å². The van der Waals surface area contributed by atoms with Crippen molar-refractivity contribution < 1.29 is 19.1 Å². The SMILES string of the molecule is Cc1ccc(C(C)(O)CNC(=O)C(C)OC2CCCCCC2)o1. The summed E-state index contributed by atoms with van der Waals surface area (Å²) in [6.45, 7) is 5.31. The van der Waals surface area contributed by atoms with E-state index in [4.69, 9.17) is 9.15 Å². The Balaban J connectivity index is 1.81. The number of hydrogen-bond donors (Lipinski definition) is 2. The van der Waals surface area contributed by atoms with Gasteiger partial charge in [0.05, 0.1) is 12.6 Å². The second kappa shape index (κ2) is 7.97. The van der Waals surface area contributed by atoms with Gasteiger partial charge in [-0.2, -0.15) is 0 Å². The van der Waals surface area contributed by atoms with E-state index in [1.807, 2.05) is 6.92 Å². The zero-order valence-corrected chi connectivity index (χ0v) is 14.4. The maximum absolute atomic E-state index is 12.2. The second-order valence-corrected chi connectivity index (χ2v) is 6.79. The van der Waals surface area contributed by atoms with E-state index in [0.29, 0.717) is 5.76 Å². The van der Waals surface area contributed by atoms with E-state index in [-0.39, 0.29) is 18.6 Å². The molecular weight excluding hydrogens is 294 g/mol. The van der Waals surface area contributed by atoms with Gasteiger partial charge in [0.1, 0.15) is 23.2 Å². The molecule has 1 fully saturated rings. The van der Waals surface area contributed by atoms with Crippen LogP contribution < -0.4 is 5.32 Å². The van der Waals surface area contributed by atoms with Gasteiger partial charge in [0, 0.05) is 0 Å². The second-order valence-electron chi connectivity index (χ2n) is 6.79. The first-order valence-electron chi connectivity index (χ1n) is 8.61. The molecule has 1 saturated carbocycles. The van der Waals surface area contributed by atoms with Crippen molar-refractivity contribution in [3.63, 3.8) is 0 Å². The summed E-state index contributed by atoms with van der Waals surface area (Å²) < 4.78 is 11.3. The number of furan rings is 1. The van der Waals surface area contributed by atoms with Crippen molar-refractivity contribution >= 4 is 5.91 Å². The maximum Gasteiger partial charge on any atom is 0.248 e. The highest BCUT2D eigenvalue weighted by atomic mass is 16.5. The highest BCUT2D eigenvalue weighted by Gasteiger charge is 2.29. The van der Waals surface area contributed by atoms with Crippen molar-refractivity contribution in [3.05, 3.63) is 23.7 Å². The summed E-state index contributed by atoms with van der Waals surface area (Å²) in [5.41, 5.74) is -1.23. The molecule has 1 aliphatic carbocycles. The molecule has 0 radical (unpaired) electrons. The third-order valence-corrected chi connectivity index (χ3v) is 4.45. The molecule has 2 unspecified atom stereocenters. The van der Waals surface area contributed by atoms with Crippen molar-refractivity contribution in [1.82, 2.24) is 5.32 Å². The highest BCUT2D eigenvalue weighted by Crippen LogP contribution is 2.23. The molecule has 0 aromatic carbocycles. The Labute approximate surface area is 138 Å². The van der Waals surface area contributed by atoms with Crippen molar-refractivity contribution in [1.29, 1.82) is 0 Å². The molecule has 0 saturated heterocycles. The van der Waals surface area contributed by atoms with Crippen LogP contribution in [0, 0.1) is 6.92 Å². The summed E-state index contributed by atoms with van der Waals surface area (Å²) in [5, 5.41) is 13.2. The summed E-state index contributed by atoms with van der Waals surface area (Å²) in [4.78, 5) is 12.2. The highest BCUT2D eigenvalue weighted by molar-refractivity contribution is 5.80. The number of rotatable bonds is 6. The van der Waals surface area contributed by atoms with E-state index in [1.54, 1.807) is 26.0 Å². The zero-order valence-electron chi connectivity index (χ0n) is 14.4. The molecule has 1 amide bonds.